The number of likely N-dealkylation sites (tertiary alicyclic amines) is 1. The molecule has 3 fully saturated rings. The maximum Gasteiger partial charge on any atom is 0.314 e. The molecule has 102 valence electrons. The third kappa shape index (κ3) is 3.37. The topological polar surface area (TPSA) is 58.4 Å². The van der Waals surface area contributed by atoms with Crippen molar-refractivity contribution in [2.45, 2.75) is 44.6 Å². The number of nitrogens with zero attached hydrogens (tertiary/aromatic N) is 1. The van der Waals surface area contributed by atoms with Crippen LogP contribution in [0.3, 0.4) is 0 Å². The first kappa shape index (κ1) is 12.3. The number of carbonyl (C=O) groups is 1. The molecule has 0 aromatic rings. The fraction of sp³-hybridized carbons (Fsp3) is 0.929. The number of urea groups is 1. The second-order valence-electron chi connectivity index (χ2n) is 6.57. The highest BCUT2D eigenvalue weighted by atomic mass is 16.2. The number of piperidine rings is 1. The Morgan fingerprint density at radius 1 is 1.11 bits per heavy atom. The first-order valence-electron chi connectivity index (χ1n) is 7.48. The van der Waals surface area contributed by atoms with Gasteiger partial charge in [-0.1, -0.05) is 12.8 Å². The molecule has 1 aliphatic heterocycles. The number of amides is 2. The second-order valence-corrected chi connectivity index (χ2v) is 6.57. The van der Waals surface area contributed by atoms with Gasteiger partial charge in [0, 0.05) is 19.1 Å². The highest BCUT2D eigenvalue weighted by molar-refractivity contribution is 5.72. The van der Waals surface area contributed by atoms with E-state index in [1.807, 2.05) is 4.90 Å². The minimum atomic E-state index is -0.242. The summed E-state index contributed by atoms with van der Waals surface area (Å²) >= 11 is 0. The molecule has 3 N–H and O–H groups in total. The first-order chi connectivity index (χ1) is 8.70. The van der Waals surface area contributed by atoms with E-state index in [0.717, 1.165) is 31.5 Å². The van der Waals surface area contributed by atoms with Crippen LogP contribution in [0.15, 0.2) is 0 Å². The van der Waals surface area contributed by atoms with Gasteiger partial charge in [0.25, 0.3) is 0 Å². The van der Waals surface area contributed by atoms with Crippen molar-refractivity contribution in [2.75, 3.05) is 19.6 Å². The third-order valence-electron chi connectivity index (χ3n) is 4.60. The van der Waals surface area contributed by atoms with Gasteiger partial charge in [0.05, 0.1) is 0 Å². The Balaban J connectivity index is 1.52. The molecule has 0 radical (unpaired) electrons. The number of nitrogens with two attached hydrogens (primary N) is 1. The van der Waals surface area contributed by atoms with Gasteiger partial charge in [-0.25, -0.2) is 4.79 Å². The molecule has 1 heterocycles. The lowest BCUT2D eigenvalue weighted by Gasteiger charge is -2.37. The highest BCUT2D eigenvalue weighted by Crippen LogP contribution is 2.38. The van der Waals surface area contributed by atoms with Crippen LogP contribution in [0, 0.1) is 17.8 Å². The van der Waals surface area contributed by atoms with Crippen LogP contribution in [0.25, 0.3) is 0 Å². The fourth-order valence-corrected chi connectivity index (χ4v) is 3.18. The zero-order valence-electron chi connectivity index (χ0n) is 11.1. The first-order valence-corrected chi connectivity index (χ1v) is 7.48. The van der Waals surface area contributed by atoms with Crippen LogP contribution in [0.4, 0.5) is 4.79 Å². The lowest BCUT2D eigenvalue weighted by Crippen LogP contribution is -2.53. The predicted molar refractivity (Wildman–Crippen MR) is 71.1 cm³/mol. The standard InChI is InChI=1S/C14H25N3O/c15-14(18)17-8-12(5-10-1-2-10)6-13(9-17)16-7-11-3-4-11/h10-13,16H,1-9H2,(H2,15,18). The molecule has 3 rings (SSSR count). The maximum atomic E-state index is 11.4. The summed E-state index contributed by atoms with van der Waals surface area (Å²) in [7, 11) is 0. The van der Waals surface area contributed by atoms with Crippen LogP contribution >= 0.6 is 0 Å². The Hall–Kier alpha value is -0.770. The number of hydrogen-bond donors (Lipinski definition) is 2. The largest absolute Gasteiger partial charge is 0.351 e. The smallest absolute Gasteiger partial charge is 0.314 e. The predicted octanol–water partition coefficient (Wildman–Crippen LogP) is 1.56. The Morgan fingerprint density at radius 2 is 1.83 bits per heavy atom. The molecule has 4 nitrogen and oxygen atoms in total. The van der Waals surface area contributed by atoms with E-state index in [-0.39, 0.29) is 6.03 Å². The molecule has 3 aliphatic rings. The number of hydrogen-bond acceptors (Lipinski definition) is 2. The van der Waals surface area contributed by atoms with Gasteiger partial charge >= 0.3 is 6.03 Å². The van der Waals surface area contributed by atoms with Crippen molar-refractivity contribution in [3.05, 3.63) is 0 Å². The second kappa shape index (κ2) is 5.08. The summed E-state index contributed by atoms with van der Waals surface area (Å²) in [6, 6.07) is 0.226. The van der Waals surface area contributed by atoms with E-state index < -0.39 is 0 Å². The van der Waals surface area contributed by atoms with Crippen molar-refractivity contribution in [2.24, 2.45) is 23.5 Å². The van der Waals surface area contributed by atoms with Gasteiger partial charge < -0.3 is 16.0 Å². The van der Waals surface area contributed by atoms with Crippen LogP contribution in [0.5, 0.6) is 0 Å². The summed E-state index contributed by atoms with van der Waals surface area (Å²) in [5.41, 5.74) is 5.47. The van der Waals surface area contributed by atoms with Crippen molar-refractivity contribution in [3.63, 3.8) is 0 Å². The van der Waals surface area contributed by atoms with E-state index in [9.17, 15) is 4.79 Å². The number of nitrogens with one attached hydrogen (secondary N) is 1. The van der Waals surface area contributed by atoms with Gasteiger partial charge in [-0.3, -0.25) is 0 Å². The van der Waals surface area contributed by atoms with Crippen molar-refractivity contribution < 1.29 is 4.79 Å². The minimum Gasteiger partial charge on any atom is -0.351 e. The van der Waals surface area contributed by atoms with Crippen LogP contribution in [0.2, 0.25) is 0 Å². The van der Waals surface area contributed by atoms with Crippen molar-refractivity contribution in [1.29, 1.82) is 0 Å². The van der Waals surface area contributed by atoms with Crippen molar-refractivity contribution in [3.8, 4) is 0 Å². The van der Waals surface area contributed by atoms with Crippen molar-refractivity contribution >= 4 is 6.03 Å². The van der Waals surface area contributed by atoms with Gasteiger partial charge in [-0.05, 0) is 50.0 Å². The maximum absolute atomic E-state index is 11.4. The molecule has 0 spiro atoms. The third-order valence-corrected chi connectivity index (χ3v) is 4.60. The SMILES string of the molecule is NC(=O)N1CC(CC2CC2)CC(NCC2CC2)C1. The molecule has 1 saturated heterocycles. The van der Waals surface area contributed by atoms with Crippen LogP contribution < -0.4 is 11.1 Å². The lowest BCUT2D eigenvalue weighted by molar-refractivity contribution is 0.146. The van der Waals surface area contributed by atoms with Gasteiger partial charge in [-0.15, -0.1) is 0 Å². The number of primary amides is 1. The van der Waals surface area contributed by atoms with Crippen LogP contribution in [-0.2, 0) is 0 Å². The van der Waals surface area contributed by atoms with Crippen molar-refractivity contribution in [1.82, 2.24) is 10.2 Å². The Labute approximate surface area is 109 Å². The summed E-state index contributed by atoms with van der Waals surface area (Å²) in [6.07, 6.45) is 8.08. The van der Waals surface area contributed by atoms with E-state index in [1.54, 1.807) is 0 Å². The van der Waals surface area contributed by atoms with E-state index >= 15 is 0 Å². The minimum absolute atomic E-state index is 0.242. The molecule has 0 aromatic carbocycles. The average molecular weight is 251 g/mol. The molecule has 0 bridgehead atoms. The molecule has 2 aliphatic carbocycles. The average Bonchev–Trinajstić information content (AvgIpc) is 3.21. The fourth-order valence-electron chi connectivity index (χ4n) is 3.18. The lowest BCUT2D eigenvalue weighted by atomic mass is 9.90. The molecule has 0 aromatic heterocycles. The molecule has 4 heteroatoms. The summed E-state index contributed by atoms with van der Waals surface area (Å²) in [6.45, 7) is 2.82. The molecular weight excluding hydrogens is 226 g/mol. The molecule has 2 unspecified atom stereocenters. The van der Waals surface area contributed by atoms with Gasteiger partial charge in [0.15, 0.2) is 0 Å². The number of carbonyl (C=O) groups excluding carboxylic acids is 1. The zero-order valence-corrected chi connectivity index (χ0v) is 11.1. The Morgan fingerprint density at radius 3 is 2.44 bits per heavy atom. The van der Waals surface area contributed by atoms with E-state index in [2.05, 4.69) is 5.32 Å². The summed E-state index contributed by atoms with van der Waals surface area (Å²) in [5.74, 6) is 2.50. The highest BCUT2D eigenvalue weighted by Gasteiger charge is 2.33. The summed E-state index contributed by atoms with van der Waals surface area (Å²) in [5, 5.41) is 3.64. The summed E-state index contributed by atoms with van der Waals surface area (Å²) in [4.78, 5) is 13.3. The van der Waals surface area contributed by atoms with E-state index in [1.165, 1.54) is 38.5 Å². The normalized spacial score (nSPS) is 32.6. The zero-order chi connectivity index (χ0) is 12.5. The quantitative estimate of drug-likeness (QED) is 0.779. The van der Waals surface area contributed by atoms with Gasteiger partial charge in [0.1, 0.15) is 0 Å². The van der Waals surface area contributed by atoms with E-state index in [0.29, 0.717) is 12.0 Å². The van der Waals surface area contributed by atoms with Gasteiger partial charge in [-0.2, -0.15) is 0 Å². The molecule has 2 saturated carbocycles. The monoisotopic (exact) mass is 251 g/mol. The van der Waals surface area contributed by atoms with E-state index in [4.69, 9.17) is 5.73 Å². The molecule has 2 atom stereocenters. The van der Waals surface area contributed by atoms with Crippen LogP contribution in [-0.4, -0.2) is 36.6 Å². The Bertz CT molecular complexity index is 312. The van der Waals surface area contributed by atoms with Gasteiger partial charge in [0.2, 0.25) is 0 Å². The molecule has 2 amide bonds. The Kier molecular flexibility index (Phi) is 3.46. The molecular formula is C14H25N3O. The number of rotatable bonds is 5. The molecule has 18 heavy (non-hydrogen) atoms. The summed E-state index contributed by atoms with van der Waals surface area (Å²) < 4.78 is 0. The van der Waals surface area contributed by atoms with Crippen LogP contribution in [0.1, 0.15) is 38.5 Å².